The van der Waals surface area contributed by atoms with Gasteiger partial charge < -0.3 is 14.2 Å². The predicted octanol–water partition coefficient (Wildman–Crippen LogP) is 20.5. The van der Waals surface area contributed by atoms with Gasteiger partial charge in [-0.3, -0.25) is 14.4 Å². The third-order valence-electron chi connectivity index (χ3n) is 13.3. The van der Waals surface area contributed by atoms with Crippen molar-refractivity contribution in [1.82, 2.24) is 0 Å². The highest BCUT2D eigenvalue weighted by Crippen LogP contribution is 2.16. The van der Waals surface area contributed by atoms with Gasteiger partial charge >= 0.3 is 17.9 Å². The fourth-order valence-corrected chi connectivity index (χ4v) is 8.70. The van der Waals surface area contributed by atoms with E-state index >= 15 is 0 Å². The van der Waals surface area contributed by atoms with E-state index in [2.05, 4.69) is 69.4 Å². The highest BCUT2D eigenvalue weighted by atomic mass is 16.6. The Morgan fingerprint density at radius 2 is 0.549 bits per heavy atom. The summed E-state index contributed by atoms with van der Waals surface area (Å²) >= 11 is 0. The van der Waals surface area contributed by atoms with Crippen molar-refractivity contribution in [1.29, 1.82) is 0 Å². The first-order valence-electron chi connectivity index (χ1n) is 30.5. The van der Waals surface area contributed by atoms with Gasteiger partial charge in [0.1, 0.15) is 13.2 Å². The summed E-state index contributed by atoms with van der Waals surface area (Å²) in [6, 6.07) is 0. The van der Waals surface area contributed by atoms with Crippen LogP contribution in [0, 0.1) is 0 Å². The normalized spacial score (nSPS) is 12.5. The largest absolute Gasteiger partial charge is 0.462 e. The molecule has 6 nitrogen and oxygen atoms in total. The van der Waals surface area contributed by atoms with Crippen molar-refractivity contribution >= 4 is 17.9 Å². The molecule has 0 rings (SSSR count). The minimum Gasteiger partial charge on any atom is -0.462 e. The van der Waals surface area contributed by atoms with Gasteiger partial charge in [-0.15, -0.1) is 0 Å². The van der Waals surface area contributed by atoms with Crippen LogP contribution in [-0.4, -0.2) is 37.2 Å². The van der Waals surface area contributed by atoms with Gasteiger partial charge in [0.05, 0.1) is 0 Å². The third kappa shape index (κ3) is 57.6. The molecule has 1 unspecified atom stereocenters. The van der Waals surface area contributed by atoms with Gasteiger partial charge in [-0.25, -0.2) is 0 Å². The highest BCUT2D eigenvalue weighted by molar-refractivity contribution is 5.71. The standard InChI is InChI=1S/C65H114O6/c1-4-7-10-13-16-19-22-25-28-31-34-37-40-43-46-49-52-55-58-64(67)70-61-62(60-69-63(66)57-54-51-48-45-42-39-36-33-30-27-24-21-18-15-12-9-6-3)71-65(68)59-56-53-50-47-44-41-38-35-32-29-26-23-20-17-14-11-8-5-2/h10,13,16,19,22,25,28,31,34-35,37-38,62H,4-9,11-12,14-15,17-18,20-21,23-24,26-27,29-30,32-33,36,39-61H2,1-3H3/b13-10-,19-16-,25-22-,31-28-,37-34-,38-35-. The van der Waals surface area contributed by atoms with Crippen LogP contribution >= 0.6 is 0 Å². The summed E-state index contributed by atoms with van der Waals surface area (Å²) in [5.41, 5.74) is 0. The van der Waals surface area contributed by atoms with Gasteiger partial charge in [-0.05, 0) is 64.2 Å². The van der Waals surface area contributed by atoms with E-state index < -0.39 is 6.10 Å². The number of allylic oxidation sites excluding steroid dienone is 12. The van der Waals surface area contributed by atoms with Crippen molar-refractivity contribution in [3.8, 4) is 0 Å². The number of hydrogen-bond acceptors (Lipinski definition) is 6. The molecule has 0 spiro atoms. The Kier molecular flexibility index (Phi) is 56.8. The van der Waals surface area contributed by atoms with Crippen molar-refractivity contribution in [2.75, 3.05) is 13.2 Å². The Morgan fingerprint density at radius 1 is 0.282 bits per heavy atom. The molecule has 1 atom stereocenters. The van der Waals surface area contributed by atoms with Crippen LogP contribution in [0.25, 0.3) is 0 Å². The van der Waals surface area contributed by atoms with Crippen molar-refractivity contribution in [3.63, 3.8) is 0 Å². The number of esters is 3. The number of hydrogen-bond donors (Lipinski definition) is 0. The summed E-state index contributed by atoms with van der Waals surface area (Å²) in [5.74, 6) is -0.905. The van der Waals surface area contributed by atoms with Crippen LogP contribution in [-0.2, 0) is 28.6 Å². The highest BCUT2D eigenvalue weighted by Gasteiger charge is 2.19. The second-order valence-corrected chi connectivity index (χ2v) is 20.4. The van der Waals surface area contributed by atoms with Crippen LogP contribution in [0.2, 0.25) is 0 Å². The SMILES string of the molecule is CCC\C=C/C=C\C=C/C=C\C=C/CCCCCCCC(=O)OCC(COC(=O)CCCCCCCCCCCCCCCCCCC)OC(=O)CCCCCCC/C=C\CCCCCCCCCCC. The number of carbonyl (C=O) groups excluding carboxylic acids is 3. The molecule has 0 aliphatic carbocycles. The Hall–Kier alpha value is -3.15. The molecular formula is C65H114O6. The summed E-state index contributed by atoms with van der Waals surface area (Å²) in [6.07, 6.45) is 76.0. The van der Waals surface area contributed by atoms with Crippen molar-refractivity contribution < 1.29 is 28.6 Å². The van der Waals surface area contributed by atoms with Crippen molar-refractivity contribution in [3.05, 3.63) is 72.9 Å². The van der Waals surface area contributed by atoms with Crippen LogP contribution in [0.5, 0.6) is 0 Å². The van der Waals surface area contributed by atoms with E-state index in [1.165, 1.54) is 167 Å². The van der Waals surface area contributed by atoms with Gasteiger partial charge in [0.2, 0.25) is 0 Å². The maximum atomic E-state index is 12.9. The first kappa shape index (κ1) is 67.8. The van der Waals surface area contributed by atoms with Crippen LogP contribution < -0.4 is 0 Å². The van der Waals surface area contributed by atoms with Gasteiger partial charge in [0, 0.05) is 19.3 Å². The topological polar surface area (TPSA) is 78.9 Å². The fraction of sp³-hybridized carbons (Fsp3) is 0.769. The lowest BCUT2D eigenvalue weighted by atomic mass is 10.0. The Morgan fingerprint density at radius 3 is 0.887 bits per heavy atom. The molecule has 0 bridgehead atoms. The first-order chi connectivity index (χ1) is 35.0. The van der Waals surface area contributed by atoms with Crippen molar-refractivity contribution in [2.24, 2.45) is 0 Å². The van der Waals surface area contributed by atoms with Gasteiger partial charge in [0.15, 0.2) is 6.10 Å². The zero-order valence-electron chi connectivity index (χ0n) is 47.0. The van der Waals surface area contributed by atoms with Crippen LogP contribution in [0.3, 0.4) is 0 Å². The number of unbranched alkanes of at least 4 members (excludes halogenated alkanes) is 36. The van der Waals surface area contributed by atoms with Crippen LogP contribution in [0.15, 0.2) is 72.9 Å². The molecule has 0 amide bonds. The summed E-state index contributed by atoms with van der Waals surface area (Å²) in [7, 11) is 0. The summed E-state index contributed by atoms with van der Waals surface area (Å²) in [5, 5.41) is 0. The molecule has 0 aromatic carbocycles. The average Bonchev–Trinajstić information content (AvgIpc) is 3.37. The van der Waals surface area contributed by atoms with Gasteiger partial charge in [-0.2, -0.15) is 0 Å². The average molecular weight is 992 g/mol. The minimum atomic E-state index is -0.790. The van der Waals surface area contributed by atoms with Crippen LogP contribution in [0.4, 0.5) is 0 Å². The Balaban J connectivity index is 4.43. The van der Waals surface area contributed by atoms with Gasteiger partial charge in [-0.1, -0.05) is 293 Å². The zero-order valence-corrected chi connectivity index (χ0v) is 47.0. The maximum Gasteiger partial charge on any atom is 0.306 e. The monoisotopic (exact) mass is 991 g/mol. The first-order valence-corrected chi connectivity index (χ1v) is 30.5. The Labute approximate surface area is 440 Å². The second kappa shape index (κ2) is 59.4. The van der Waals surface area contributed by atoms with E-state index in [-0.39, 0.29) is 31.1 Å². The lowest BCUT2D eigenvalue weighted by Crippen LogP contribution is -2.30. The molecule has 0 saturated heterocycles. The molecule has 6 heteroatoms. The van der Waals surface area contributed by atoms with E-state index in [1.807, 2.05) is 24.3 Å². The van der Waals surface area contributed by atoms with E-state index in [4.69, 9.17) is 14.2 Å². The zero-order chi connectivity index (χ0) is 51.4. The summed E-state index contributed by atoms with van der Waals surface area (Å²) in [6.45, 7) is 6.56. The minimum absolute atomic E-state index is 0.0846. The van der Waals surface area contributed by atoms with E-state index in [0.29, 0.717) is 19.3 Å². The molecule has 71 heavy (non-hydrogen) atoms. The fourth-order valence-electron chi connectivity index (χ4n) is 8.70. The van der Waals surface area contributed by atoms with E-state index in [9.17, 15) is 14.4 Å². The molecular weight excluding hydrogens is 877 g/mol. The number of carbonyl (C=O) groups is 3. The molecule has 0 fully saturated rings. The predicted molar refractivity (Wildman–Crippen MR) is 307 cm³/mol. The number of rotatable bonds is 55. The molecule has 0 heterocycles. The molecule has 0 N–H and O–H groups in total. The molecule has 410 valence electrons. The smallest absolute Gasteiger partial charge is 0.306 e. The quantitative estimate of drug-likeness (QED) is 0.0199. The molecule has 0 saturated carbocycles. The third-order valence-corrected chi connectivity index (χ3v) is 13.3. The molecule has 0 aliphatic heterocycles. The second-order valence-electron chi connectivity index (χ2n) is 20.4. The Bertz CT molecular complexity index is 1320. The molecule has 0 radical (unpaired) electrons. The molecule has 0 aromatic rings. The lowest BCUT2D eigenvalue weighted by Gasteiger charge is -2.18. The van der Waals surface area contributed by atoms with E-state index in [0.717, 1.165) is 96.3 Å². The maximum absolute atomic E-state index is 12.9. The van der Waals surface area contributed by atoms with E-state index in [1.54, 1.807) is 0 Å². The number of ether oxygens (including phenoxy) is 3. The molecule has 0 aliphatic rings. The van der Waals surface area contributed by atoms with Crippen molar-refractivity contribution in [2.45, 2.75) is 309 Å². The van der Waals surface area contributed by atoms with Gasteiger partial charge in [0.25, 0.3) is 0 Å². The van der Waals surface area contributed by atoms with Crippen LogP contribution in [0.1, 0.15) is 303 Å². The lowest BCUT2D eigenvalue weighted by molar-refractivity contribution is -0.167. The summed E-state index contributed by atoms with van der Waals surface area (Å²) < 4.78 is 16.9. The summed E-state index contributed by atoms with van der Waals surface area (Å²) in [4.78, 5) is 38.3. The molecule has 0 aromatic heterocycles.